The van der Waals surface area contributed by atoms with Crippen LogP contribution in [0.15, 0.2) is 24.4 Å². The third kappa shape index (κ3) is 3.15. The van der Waals surface area contributed by atoms with E-state index in [2.05, 4.69) is 4.98 Å². The summed E-state index contributed by atoms with van der Waals surface area (Å²) in [6.45, 7) is 8.07. The summed E-state index contributed by atoms with van der Waals surface area (Å²) in [5.41, 5.74) is 0.0933. The van der Waals surface area contributed by atoms with Gasteiger partial charge in [0.2, 0.25) is 5.91 Å². The molecule has 2 rings (SSSR count). The fourth-order valence-electron chi connectivity index (χ4n) is 2.24. The van der Waals surface area contributed by atoms with Crippen molar-refractivity contribution in [2.45, 2.75) is 20.8 Å². The molecule has 108 valence electrons. The molecule has 0 bridgehead atoms. The van der Waals surface area contributed by atoms with Crippen molar-refractivity contribution >= 4 is 11.8 Å². The molecule has 1 fully saturated rings. The summed E-state index contributed by atoms with van der Waals surface area (Å²) < 4.78 is 0. The summed E-state index contributed by atoms with van der Waals surface area (Å²) in [5.74, 6) is 0.0795. The topological polar surface area (TPSA) is 53.5 Å². The molecule has 1 aromatic rings. The first-order valence-electron chi connectivity index (χ1n) is 6.89. The molecular formula is C15H21N3O2. The van der Waals surface area contributed by atoms with Crippen LogP contribution in [0.1, 0.15) is 31.3 Å². The van der Waals surface area contributed by atoms with E-state index in [1.165, 1.54) is 0 Å². The minimum Gasteiger partial charge on any atom is -0.339 e. The molecule has 0 aliphatic carbocycles. The van der Waals surface area contributed by atoms with Gasteiger partial charge >= 0.3 is 0 Å². The maximum atomic E-state index is 12.2. The molecule has 1 aliphatic heterocycles. The van der Waals surface area contributed by atoms with E-state index in [1.54, 1.807) is 29.3 Å². The molecule has 2 amide bonds. The highest BCUT2D eigenvalue weighted by Crippen LogP contribution is 2.19. The zero-order valence-electron chi connectivity index (χ0n) is 12.3. The van der Waals surface area contributed by atoms with E-state index in [0.29, 0.717) is 31.9 Å². The highest BCUT2D eigenvalue weighted by molar-refractivity contribution is 5.92. The molecule has 20 heavy (non-hydrogen) atoms. The van der Waals surface area contributed by atoms with Gasteiger partial charge in [-0.1, -0.05) is 26.8 Å². The fourth-order valence-corrected chi connectivity index (χ4v) is 2.24. The number of pyridine rings is 1. The van der Waals surface area contributed by atoms with E-state index >= 15 is 0 Å². The number of hydrogen-bond acceptors (Lipinski definition) is 3. The maximum absolute atomic E-state index is 12.2. The molecule has 5 nitrogen and oxygen atoms in total. The van der Waals surface area contributed by atoms with Crippen molar-refractivity contribution < 1.29 is 9.59 Å². The fraction of sp³-hybridized carbons (Fsp3) is 0.533. The van der Waals surface area contributed by atoms with Gasteiger partial charge in [0.1, 0.15) is 5.69 Å². The summed E-state index contributed by atoms with van der Waals surface area (Å²) >= 11 is 0. The molecule has 1 saturated heterocycles. The van der Waals surface area contributed by atoms with Crippen molar-refractivity contribution in [1.82, 2.24) is 14.8 Å². The minimum atomic E-state index is -0.368. The van der Waals surface area contributed by atoms with E-state index in [4.69, 9.17) is 0 Å². The van der Waals surface area contributed by atoms with Crippen LogP contribution in [-0.2, 0) is 4.79 Å². The van der Waals surface area contributed by atoms with Gasteiger partial charge < -0.3 is 9.80 Å². The number of amides is 2. The molecule has 5 heteroatoms. The summed E-state index contributed by atoms with van der Waals surface area (Å²) in [4.78, 5) is 32.1. The number of rotatable bonds is 1. The SMILES string of the molecule is CC(C)(C)C(=O)N1CCN(C(=O)c2ccccn2)CC1. The molecule has 0 unspecified atom stereocenters. The zero-order valence-corrected chi connectivity index (χ0v) is 12.3. The largest absolute Gasteiger partial charge is 0.339 e. The summed E-state index contributed by atoms with van der Waals surface area (Å²) in [6, 6.07) is 5.31. The normalized spacial score (nSPS) is 16.1. The standard InChI is InChI=1S/C15H21N3O2/c1-15(2,3)14(20)18-10-8-17(9-11-18)13(19)12-6-4-5-7-16-12/h4-7H,8-11H2,1-3H3. The van der Waals surface area contributed by atoms with Crippen LogP contribution in [0.3, 0.4) is 0 Å². The molecule has 0 aromatic carbocycles. The van der Waals surface area contributed by atoms with Crippen LogP contribution in [0.4, 0.5) is 0 Å². The Morgan fingerprint density at radius 2 is 1.65 bits per heavy atom. The van der Waals surface area contributed by atoms with Crippen LogP contribution >= 0.6 is 0 Å². The van der Waals surface area contributed by atoms with Crippen LogP contribution in [0.5, 0.6) is 0 Å². The highest BCUT2D eigenvalue weighted by atomic mass is 16.2. The van der Waals surface area contributed by atoms with Crippen molar-refractivity contribution in [3.63, 3.8) is 0 Å². The summed E-state index contributed by atoms with van der Waals surface area (Å²) in [6.07, 6.45) is 1.62. The third-order valence-electron chi connectivity index (χ3n) is 3.38. The average Bonchev–Trinajstić information content (AvgIpc) is 2.46. The van der Waals surface area contributed by atoms with Crippen LogP contribution in [0, 0.1) is 5.41 Å². The molecular weight excluding hydrogens is 254 g/mol. The number of nitrogens with zero attached hydrogens (tertiary/aromatic N) is 3. The van der Waals surface area contributed by atoms with Crippen LogP contribution in [-0.4, -0.2) is 52.8 Å². The van der Waals surface area contributed by atoms with Crippen LogP contribution < -0.4 is 0 Å². The Balaban J connectivity index is 1.95. The van der Waals surface area contributed by atoms with Gasteiger partial charge in [0.05, 0.1) is 0 Å². The van der Waals surface area contributed by atoms with Crippen LogP contribution in [0.2, 0.25) is 0 Å². The van der Waals surface area contributed by atoms with Crippen molar-refractivity contribution in [3.8, 4) is 0 Å². The summed E-state index contributed by atoms with van der Waals surface area (Å²) in [7, 11) is 0. The van der Waals surface area contributed by atoms with Gasteiger partial charge in [-0.05, 0) is 12.1 Å². The lowest BCUT2D eigenvalue weighted by Crippen LogP contribution is -2.53. The first-order valence-corrected chi connectivity index (χ1v) is 6.89. The van der Waals surface area contributed by atoms with Gasteiger partial charge in [-0.3, -0.25) is 14.6 Å². The van der Waals surface area contributed by atoms with Gasteiger partial charge in [-0.15, -0.1) is 0 Å². The molecule has 0 radical (unpaired) electrons. The van der Waals surface area contributed by atoms with Crippen molar-refractivity contribution in [3.05, 3.63) is 30.1 Å². The van der Waals surface area contributed by atoms with Gasteiger partial charge in [-0.2, -0.15) is 0 Å². The number of piperazine rings is 1. The third-order valence-corrected chi connectivity index (χ3v) is 3.38. The predicted molar refractivity (Wildman–Crippen MR) is 76.2 cm³/mol. The van der Waals surface area contributed by atoms with Gasteiger partial charge in [0.15, 0.2) is 0 Å². The lowest BCUT2D eigenvalue weighted by Gasteiger charge is -2.37. The first-order chi connectivity index (χ1) is 9.39. The minimum absolute atomic E-state index is 0.0616. The second kappa shape index (κ2) is 5.61. The maximum Gasteiger partial charge on any atom is 0.272 e. The number of aromatic nitrogens is 1. The lowest BCUT2D eigenvalue weighted by molar-refractivity contribution is -0.140. The second-order valence-corrected chi connectivity index (χ2v) is 6.05. The van der Waals surface area contributed by atoms with Crippen molar-refractivity contribution in [2.24, 2.45) is 5.41 Å². The molecule has 1 aromatic heterocycles. The Morgan fingerprint density at radius 3 is 2.15 bits per heavy atom. The Hall–Kier alpha value is -1.91. The average molecular weight is 275 g/mol. The van der Waals surface area contributed by atoms with E-state index in [1.807, 2.05) is 25.7 Å². The smallest absolute Gasteiger partial charge is 0.272 e. The van der Waals surface area contributed by atoms with Gasteiger partial charge in [0.25, 0.3) is 5.91 Å². The Morgan fingerprint density at radius 1 is 1.05 bits per heavy atom. The zero-order chi connectivity index (χ0) is 14.8. The molecule has 0 saturated carbocycles. The molecule has 0 atom stereocenters. The molecule has 1 aliphatic rings. The van der Waals surface area contributed by atoms with E-state index in [9.17, 15) is 9.59 Å². The number of carbonyl (C=O) groups is 2. The molecule has 2 heterocycles. The lowest BCUT2D eigenvalue weighted by atomic mass is 9.94. The Labute approximate surface area is 119 Å². The summed E-state index contributed by atoms with van der Waals surface area (Å²) in [5, 5.41) is 0. The van der Waals surface area contributed by atoms with E-state index in [0.717, 1.165) is 0 Å². The number of hydrogen-bond donors (Lipinski definition) is 0. The van der Waals surface area contributed by atoms with Crippen LogP contribution in [0.25, 0.3) is 0 Å². The van der Waals surface area contributed by atoms with E-state index in [-0.39, 0.29) is 17.2 Å². The van der Waals surface area contributed by atoms with Gasteiger partial charge in [0, 0.05) is 37.8 Å². The molecule has 0 N–H and O–H groups in total. The Bertz CT molecular complexity index is 486. The monoisotopic (exact) mass is 275 g/mol. The number of carbonyl (C=O) groups excluding carboxylic acids is 2. The second-order valence-electron chi connectivity index (χ2n) is 6.05. The highest BCUT2D eigenvalue weighted by Gasteiger charge is 2.31. The first kappa shape index (κ1) is 14.5. The molecule has 0 spiro atoms. The van der Waals surface area contributed by atoms with Gasteiger partial charge in [-0.25, -0.2) is 0 Å². The predicted octanol–water partition coefficient (Wildman–Crippen LogP) is 1.41. The van der Waals surface area contributed by atoms with Crippen molar-refractivity contribution in [2.75, 3.05) is 26.2 Å². The Kier molecular flexibility index (Phi) is 4.06. The van der Waals surface area contributed by atoms with Crippen molar-refractivity contribution in [1.29, 1.82) is 0 Å². The van der Waals surface area contributed by atoms with E-state index < -0.39 is 0 Å². The quantitative estimate of drug-likeness (QED) is 0.778.